The minimum Gasteiger partial charge on any atom is -0.344 e. The summed E-state index contributed by atoms with van der Waals surface area (Å²) < 4.78 is 40.5. The Morgan fingerprint density at radius 3 is 2.07 bits per heavy atom. The number of Topliss-reactive ketones (excluding diaryl/α,β-unsaturated/α-hetero) is 1. The second-order valence-electron chi connectivity index (χ2n) is 14.9. The van der Waals surface area contributed by atoms with E-state index in [0.717, 1.165) is 44.2 Å². The molecule has 1 aromatic carbocycles. The zero-order chi connectivity index (χ0) is 43.0. The zero-order valence-corrected chi connectivity index (χ0v) is 34.3. The molecule has 1 fully saturated rings. The first-order chi connectivity index (χ1) is 27.5. The van der Waals surface area contributed by atoms with E-state index in [4.69, 9.17) is 0 Å². The van der Waals surface area contributed by atoms with E-state index in [1.807, 2.05) is 26.1 Å². The van der Waals surface area contributed by atoms with Crippen LogP contribution in [0, 0.1) is 23.6 Å². The average molecular weight is 831 g/mol. The highest BCUT2D eigenvalue weighted by molar-refractivity contribution is 7.90. The topological polar surface area (TPSA) is 252 Å². The van der Waals surface area contributed by atoms with E-state index in [0.29, 0.717) is 6.42 Å². The summed E-state index contributed by atoms with van der Waals surface area (Å²) in [5.74, 6) is -7.77. The van der Waals surface area contributed by atoms with E-state index >= 15 is 0 Å². The molecule has 1 aliphatic carbocycles. The summed E-state index contributed by atoms with van der Waals surface area (Å²) in [7, 11) is -4.62. The maximum atomic E-state index is 14.0. The van der Waals surface area contributed by atoms with Crippen LogP contribution < -0.4 is 31.3 Å². The molecule has 1 unspecified atom stereocenters. The van der Waals surface area contributed by atoms with Crippen LogP contribution in [0.4, 0.5) is 4.39 Å². The molecule has 58 heavy (non-hydrogen) atoms. The van der Waals surface area contributed by atoms with Gasteiger partial charge in [0.1, 0.15) is 34.5 Å². The molecule has 5 atom stereocenters. The quantitative estimate of drug-likeness (QED) is 0.0991. The first kappa shape index (κ1) is 47.0. The number of hydrogen-bond acceptors (Lipinski definition) is 11. The molecule has 2 aromatic rings. The van der Waals surface area contributed by atoms with Gasteiger partial charge in [-0.05, 0) is 49.1 Å². The monoisotopic (exact) mass is 830 g/mol. The van der Waals surface area contributed by atoms with Gasteiger partial charge in [0.15, 0.2) is 0 Å². The Morgan fingerprint density at radius 2 is 1.47 bits per heavy atom. The highest BCUT2D eigenvalue weighted by Crippen LogP contribution is 2.28. The molecule has 6 N–H and O–H groups in total. The number of halogens is 1. The van der Waals surface area contributed by atoms with Crippen molar-refractivity contribution in [2.45, 2.75) is 121 Å². The van der Waals surface area contributed by atoms with Gasteiger partial charge in [0.25, 0.3) is 27.7 Å². The highest BCUT2D eigenvalue weighted by atomic mass is 32.2. The lowest BCUT2D eigenvalue weighted by Crippen LogP contribution is -2.60. The summed E-state index contributed by atoms with van der Waals surface area (Å²) in [5, 5.41) is 12.8. The fourth-order valence-corrected chi connectivity index (χ4v) is 7.56. The van der Waals surface area contributed by atoms with E-state index in [-0.39, 0.29) is 36.8 Å². The number of sulfonamides is 1. The van der Waals surface area contributed by atoms with Gasteiger partial charge in [0.05, 0.1) is 18.8 Å². The van der Waals surface area contributed by atoms with Crippen LogP contribution in [0.3, 0.4) is 0 Å². The van der Waals surface area contributed by atoms with Gasteiger partial charge < -0.3 is 26.6 Å². The number of amides is 6. The Morgan fingerprint density at radius 1 is 0.810 bits per heavy atom. The summed E-state index contributed by atoms with van der Waals surface area (Å²) in [6, 6.07) is -0.345. The van der Waals surface area contributed by atoms with Crippen molar-refractivity contribution in [3.05, 3.63) is 54.4 Å². The van der Waals surface area contributed by atoms with Gasteiger partial charge in [0.2, 0.25) is 23.5 Å². The number of hydrogen-bond donors (Lipinski definition) is 6. The molecule has 0 saturated heterocycles. The van der Waals surface area contributed by atoms with Crippen LogP contribution in [0.5, 0.6) is 0 Å². The number of carbonyl (C=O) groups is 7. The number of benzene rings is 1. The number of nitrogens with one attached hydrogen (secondary N) is 6. The Kier molecular flexibility index (Phi) is 18.3. The normalized spacial score (nSPS) is 15.8. The van der Waals surface area contributed by atoms with E-state index in [2.05, 4.69) is 31.2 Å². The molecule has 1 heterocycles. The van der Waals surface area contributed by atoms with Crippen LogP contribution in [0.1, 0.15) is 103 Å². The van der Waals surface area contributed by atoms with E-state index in [1.54, 1.807) is 11.6 Å². The highest BCUT2D eigenvalue weighted by Gasteiger charge is 2.36. The van der Waals surface area contributed by atoms with Gasteiger partial charge in [-0.1, -0.05) is 85.3 Å². The van der Waals surface area contributed by atoms with Crippen molar-refractivity contribution >= 4 is 51.2 Å². The van der Waals surface area contributed by atoms with Gasteiger partial charge in [0, 0.05) is 12.4 Å². The Labute approximate surface area is 338 Å². The van der Waals surface area contributed by atoms with Crippen LogP contribution >= 0.6 is 0 Å². The summed E-state index contributed by atoms with van der Waals surface area (Å²) >= 11 is 0. The Bertz CT molecular complexity index is 1880. The van der Waals surface area contributed by atoms with Crippen molar-refractivity contribution in [2.24, 2.45) is 17.8 Å². The van der Waals surface area contributed by atoms with Crippen LogP contribution in [-0.4, -0.2) is 90.3 Å². The second kappa shape index (κ2) is 22.6. The summed E-state index contributed by atoms with van der Waals surface area (Å²) in [5.41, 5.74) is 0.00999. The third-order valence-corrected chi connectivity index (χ3v) is 11.3. The zero-order valence-electron chi connectivity index (χ0n) is 33.5. The first-order valence-corrected chi connectivity index (χ1v) is 21.1. The fraction of sp³-hybridized carbons (Fsp3) is 0.564. The fourth-order valence-electron chi connectivity index (χ4n) is 6.49. The van der Waals surface area contributed by atoms with Crippen molar-refractivity contribution in [2.75, 3.05) is 6.54 Å². The van der Waals surface area contributed by atoms with Crippen LogP contribution in [-0.2, 0) is 38.8 Å². The number of ketones is 1. The van der Waals surface area contributed by atoms with E-state index in [9.17, 15) is 46.4 Å². The number of rotatable bonds is 21. The number of carbonyl (C=O) groups excluding carboxylic acids is 7. The molecule has 318 valence electrons. The van der Waals surface area contributed by atoms with Crippen molar-refractivity contribution in [1.82, 2.24) is 41.3 Å². The Hall–Kier alpha value is -5.33. The summed E-state index contributed by atoms with van der Waals surface area (Å²) in [6.45, 7) is 7.92. The van der Waals surface area contributed by atoms with Gasteiger partial charge in [-0.3, -0.25) is 38.5 Å². The minimum atomic E-state index is -4.62. The Balaban J connectivity index is 1.73. The predicted molar refractivity (Wildman–Crippen MR) is 209 cm³/mol. The smallest absolute Gasteiger partial charge is 0.290 e. The number of aromatic nitrogens is 2. The van der Waals surface area contributed by atoms with Gasteiger partial charge in [-0.15, -0.1) is 0 Å². The maximum Gasteiger partial charge on any atom is 0.290 e. The van der Waals surface area contributed by atoms with Crippen molar-refractivity contribution in [3.8, 4) is 0 Å². The van der Waals surface area contributed by atoms with E-state index in [1.165, 1.54) is 37.6 Å². The molecule has 17 nitrogen and oxygen atoms in total. The van der Waals surface area contributed by atoms with Crippen molar-refractivity contribution in [1.29, 1.82) is 0 Å². The predicted octanol–water partition coefficient (Wildman–Crippen LogP) is 1.83. The molecule has 19 heteroatoms. The van der Waals surface area contributed by atoms with Gasteiger partial charge in [-0.25, -0.2) is 22.5 Å². The molecule has 1 aromatic heterocycles. The molecule has 1 saturated carbocycles. The second-order valence-corrected chi connectivity index (χ2v) is 16.5. The van der Waals surface area contributed by atoms with Crippen molar-refractivity contribution < 1.29 is 46.4 Å². The SMILES string of the molecule is CCC(NC(=O)[C@H](CC1CCCCC1)NC(=O)[C@@H](NC(=O)[C@H](CC(C)C)NC(=O)c1cnccn1)[C@@H](C)CC)C(=O)C(=O)NCC(=O)NS(=O)(=O)c1ccccc1F. The average Bonchev–Trinajstić information content (AvgIpc) is 3.20. The molecule has 6 amide bonds. The van der Waals surface area contributed by atoms with Crippen molar-refractivity contribution in [3.63, 3.8) is 0 Å². The molecule has 0 radical (unpaired) electrons. The standard InChI is InChI=1S/C39H55FN8O9S/c1-6-24(5)33(47-36(52)28(19-23(3)4)45-37(53)30-21-41-17-18-42-30)38(54)46-29(20-25-13-9-8-10-14-25)35(51)44-27(7-2)34(50)39(55)43-22-32(49)48-58(56,57)31-16-12-11-15-26(31)40/h11-12,15-18,21,23-25,27-29,33H,6-10,13-14,19-20,22H2,1-5H3,(H,43,55)(H,44,51)(H,45,53)(H,46,54)(H,47,52)(H,48,49)/t24-,27?,28-,29-,33-/m0/s1. The molecular formula is C39H55FN8O9S. The van der Waals surface area contributed by atoms with Crippen LogP contribution in [0.2, 0.25) is 0 Å². The third kappa shape index (κ3) is 14.2. The van der Waals surface area contributed by atoms with Crippen LogP contribution in [0.25, 0.3) is 0 Å². The minimum absolute atomic E-state index is 0.00999. The maximum absolute atomic E-state index is 14.0. The molecule has 0 bridgehead atoms. The lowest BCUT2D eigenvalue weighted by Gasteiger charge is -2.31. The van der Waals surface area contributed by atoms with Crippen LogP contribution in [0.15, 0.2) is 47.8 Å². The molecule has 1 aliphatic rings. The lowest BCUT2D eigenvalue weighted by atomic mass is 9.84. The molecule has 3 rings (SSSR count). The summed E-state index contributed by atoms with van der Waals surface area (Å²) in [4.78, 5) is 100.0. The lowest BCUT2D eigenvalue weighted by molar-refractivity contribution is -0.141. The molecule has 0 aliphatic heterocycles. The molecular weight excluding hydrogens is 776 g/mol. The number of nitrogens with zero attached hydrogens (tertiary/aromatic N) is 2. The van der Waals surface area contributed by atoms with Gasteiger partial charge in [-0.2, -0.15) is 0 Å². The first-order valence-electron chi connectivity index (χ1n) is 19.6. The van der Waals surface area contributed by atoms with E-state index < -0.39 is 98.6 Å². The largest absolute Gasteiger partial charge is 0.344 e. The molecule has 0 spiro atoms. The summed E-state index contributed by atoms with van der Waals surface area (Å²) in [6.07, 6.45) is 9.40. The van der Waals surface area contributed by atoms with Gasteiger partial charge >= 0.3 is 0 Å². The third-order valence-electron chi connectivity index (χ3n) is 9.89.